The number of urea groups is 1. The van der Waals surface area contributed by atoms with E-state index in [0.717, 1.165) is 19.4 Å². The van der Waals surface area contributed by atoms with Crippen LogP contribution < -0.4 is 5.32 Å². The molecule has 1 rings (SSSR count). The standard InChI is InChI=1S/C12H22N2O4/c1-3-10(11(15)16)13-12(17)14(4-2)8-9-6-5-7-18-9/h9-10H,3-8H2,1-2H3,(H,13,17)(H,15,16). The highest BCUT2D eigenvalue weighted by Crippen LogP contribution is 2.13. The van der Waals surface area contributed by atoms with Gasteiger partial charge in [0, 0.05) is 19.7 Å². The number of carboxylic acid groups (broad SMARTS) is 1. The van der Waals surface area contributed by atoms with Crippen molar-refractivity contribution < 1.29 is 19.4 Å². The summed E-state index contributed by atoms with van der Waals surface area (Å²) in [6.07, 6.45) is 2.44. The third-order valence-electron chi connectivity index (χ3n) is 3.12. The van der Waals surface area contributed by atoms with E-state index in [9.17, 15) is 9.59 Å². The summed E-state index contributed by atoms with van der Waals surface area (Å²) < 4.78 is 5.48. The highest BCUT2D eigenvalue weighted by molar-refractivity contribution is 5.82. The van der Waals surface area contributed by atoms with Crippen LogP contribution in [0.15, 0.2) is 0 Å². The third kappa shape index (κ3) is 4.18. The van der Waals surface area contributed by atoms with E-state index in [0.29, 0.717) is 19.5 Å². The molecule has 2 unspecified atom stereocenters. The highest BCUT2D eigenvalue weighted by Gasteiger charge is 2.24. The fourth-order valence-corrected chi connectivity index (χ4v) is 1.97. The molecular formula is C12H22N2O4. The second-order valence-corrected chi connectivity index (χ2v) is 4.42. The minimum Gasteiger partial charge on any atom is -0.480 e. The van der Waals surface area contributed by atoms with Crippen molar-refractivity contribution >= 4 is 12.0 Å². The van der Waals surface area contributed by atoms with E-state index in [4.69, 9.17) is 9.84 Å². The Labute approximate surface area is 107 Å². The van der Waals surface area contributed by atoms with Crippen LogP contribution in [0.4, 0.5) is 4.79 Å². The number of hydrogen-bond acceptors (Lipinski definition) is 3. The molecule has 2 atom stereocenters. The number of aliphatic carboxylic acids is 1. The van der Waals surface area contributed by atoms with E-state index in [1.165, 1.54) is 0 Å². The minimum absolute atomic E-state index is 0.0839. The first-order chi connectivity index (χ1) is 8.58. The molecule has 6 heteroatoms. The number of ether oxygens (including phenoxy) is 1. The van der Waals surface area contributed by atoms with Crippen molar-refractivity contribution in [3.63, 3.8) is 0 Å². The Balaban J connectivity index is 2.47. The molecule has 1 heterocycles. The van der Waals surface area contributed by atoms with Crippen LogP contribution in [0.2, 0.25) is 0 Å². The van der Waals surface area contributed by atoms with Gasteiger partial charge in [-0.15, -0.1) is 0 Å². The number of likely N-dealkylation sites (N-methyl/N-ethyl adjacent to an activating group) is 1. The lowest BCUT2D eigenvalue weighted by atomic mass is 10.2. The lowest BCUT2D eigenvalue weighted by Crippen LogP contribution is -2.49. The molecule has 0 aromatic rings. The number of carbonyl (C=O) groups excluding carboxylic acids is 1. The van der Waals surface area contributed by atoms with Crippen LogP contribution in [-0.4, -0.2) is 53.8 Å². The second-order valence-electron chi connectivity index (χ2n) is 4.42. The maximum atomic E-state index is 11.9. The SMILES string of the molecule is CCC(NC(=O)N(CC)CC1CCCO1)C(=O)O. The van der Waals surface area contributed by atoms with Gasteiger partial charge in [-0.25, -0.2) is 9.59 Å². The van der Waals surface area contributed by atoms with Gasteiger partial charge in [0.05, 0.1) is 6.10 Å². The molecule has 104 valence electrons. The molecule has 0 saturated carbocycles. The lowest BCUT2D eigenvalue weighted by Gasteiger charge is -2.25. The molecule has 0 aromatic carbocycles. The number of amides is 2. The zero-order chi connectivity index (χ0) is 13.5. The fourth-order valence-electron chi connectivity index (χ4n) is 1.97. The summed E-state index contributed by atoms with van der Waals surface area (Å²) in [4.78, 5) is 24.4. The second kappa shape index (κ2) is 7.20. The van der Waals surface area contributed by atoms with Gasteiger partial charge in [-0.1, -0.05) is 6.92 Å². The van der Waals surface area contributed by atoms with Crippen molar-refractivity contribution in [2.75, 3.05) is 19.7 Å². The van der Waals surface area contributed by atoms with Gasteiger partial charge in [0.2, 0.25) is 0 Å². The van der Waals surface area contributed by atoms with E-state index in [-0.39, 0.29) is 12.1 Å². The third-order valence-corrected chi connectivity index (χ3v) is 3.12. The van der Waals surface area contributed by atoms with Gasteiger partial charge < -0.3 is 20.1 Å². The first-order valence-corrected chi connectivity index (χ1v) is 6.48. The number of hydrogen-bond donors (Lipinski definition) is 2. The maximum absolute atomic E-state index is 11.9. The smallest absolute Gasteiger partial charge is 0.326 e. The molecule has 1 fully saturated rings. The summed E-state index contributed by atoms with van der Waals surface area (Å²) in [7, 11) is 0. The Hall–Kier alpha value is -1.30. The molecule has 0 aromatic heterocycles. The van der Waals surface area contributed by atoms with Crippen molar-refractivity contribution in [3.8, 4) is 0 Å². The first-order valence-electron chi connectivity index (χ1n) is 6.48. The average molecular weight is 258 g/mol. The Morgan fingerprint density at radius 2 is 2.22 bits per heavy atom. The lowest BCUT2D eigenvalue weighted by molar-refractivity contribution is -0.139. The monoisotopic (exact) mass is 258 g/mol. The van der Waals surface area contributed by atoms with Gasteiger partial charge in [-0.3, -0.25) is 0 Å². The van der Waals surface area contributed by atoms with Crippen LogP contribution in [-0.2, 0) is 9.53 Å². The number of rotatable bonds is 6. The normalized spacial score (nSPS) is 20.4. The minimum atomic E-state index is -1.00. The van der Waals surface area contributed by atoms with Gasteiger partial charge in [0.15, 0.2) is 0 Å². The van der Waals surface area contributed by atoms with E-state index in [1.54, 1.807) is 11.8 Å². The molecule has 1 aliphatic heterocycles. The van der Waals surface area contributed by atoms with Crippen LogP contribution in [0, 0.1) is 0 Å². The van der Waals surface area contributed by atoms with Crippen LogP contribution in [0.25, 0.3) is 0 Å². The predicted molar refractivity (Wildman–Crippen MR) is 66.5 cm³/mol. The number of nitrogens with one attached hydrogen (secondary N) is 1. The average Bonchev–Trinajstić information content (AvgIpc) is 2.85. The Morgan fingerprint density at radius 3 is 2.67 bits per heavy atom. The van der Waals surface area contributed by atoms with Crippen LogP contribution in [0.5, 0.6) is 0 Å². The zero-order valence-corrected chi connectivity index (χ0v) is 11.0. The summed E-state index contributed by atoms with van der Waals surface area (Å²) in [6, 6.07) is -1.15. The molecule has 18 heavy (non-hydrogen) atoms. The molecule has 1 aliphatic rings. The molecule has 2 N–H and O–H groups in total. The van der Waals surface area contributed by atoms with Gasteiger partial charge >= 0.3 is 12.0 Å². The van der Waals surface area contributed by atoms with E-state index in [1.807, 2.05) is 6.92 Å². The summed E-state index contributed by atoms with van der Waals surface area (Å²) in [5.74, 6) is -1.00. The number of carboxylic acids is 1. The van der Waals surface area contributed by atoms with Crippen molar-refractivity contribution in [3.05, 3.63) is 0 Å². The fraction of sp³-hybridized carbons (Fsp3) is 0.833. The van der Waals surface area contributed by atoms with Crippen molar-refractivity contribution in [1.29, 1.82) is 0 Å². The zero-order valence-electron chi connectivity index (χ0n) is 11.0. The van der Waals surface area contributed by atoms with Crippen molar-refractivity contribution in [2.24, 2.45) is 0 Å². The Kier molecular flexibility index (Phi) is 5.91. The molecule has 6 nitrogen and oxygen atoms in total. The molecule has 1 saturated heterocycles. The van der Waals surface area contributed by atoms with Gasteiger partial charge in [0.25, 0.3) is 0 Å². The van der Waals surface area contributed by atoms with Gasteiger partial charge in [-0.05, 0) is 26.2 Å². The van der Waals surface area contributed by atoms with Gasteiger partial charge in [-0.2, -0.15) is 0 Å². The van der Waals surface area contributed by atoms with Crippen molar-refractivity contribution in [1.82, 2.24) is 10.2 Å². The maximum Gasteiger partial charge on any atom is 0.326 e. The number of carbonyl (C=O) groups is 2. The Morgan fingerprint density at radius 1 is 1.50 bits per heavy atom. The summed E-state index contributed by atoms with van der Waals surface area (Å²) >= 11 is 0. The molecule has 0 aliphatic carbocycles. The topological polar surface area (TPSA) is 78.9 Å². The van der Waals surface area contributed by atoms with Gasteiger partial charge in [0.1, 0.15) is 6.04 Å². The van der Waals surface area contributed by atoms with E-state index >= 15 is 0 Å². The molecule has 0 spiro atoms. The van der Waals surface area contributed by atoms with Crippen LogP contribution >= 0.6 is 0 Å². The predicted octanol–water partition coefficient (Wildman–Crippen LogP) is 1.06. The largest absolute Gasteiger partial charge is 0.480 e. The summed E-state index contributed by atoms with van der Waals surface area (Å²) in [5, 5.41) is 11.4. The van der Waals surface area contributed by atoms with Crippen LogP contribution in [0.1, 0.15) is 33.1 Å². The quantitative estimate of drug-likeness (QED) is 0.746. The first kappa shape index (κ1) is 14.8. The Bertz CT molecular complexity index is 290. The molecule has 2 amide bonds. The van der Waals surface area contributed by atoms with Crippen molar-refractivity contribution in [2.45, 2.75) is 45.3 Å². The molecule has 0 bridgehead atoms. The highest BCUT2D eigenvalue weighted by atomic mass is 16.5. The summed E-state index contributed by atoms with van der Waals surface area (Å²) in [5.41, 5.74) is 0. The number of nitrogens with zero attached hydrogens (tertiary/aromatic N) is 1. The van der Waals surface area contributed by atoms with E-state index in [2.05, 4.69) is 5.32 Å². The molecular weight excluding hydrogens is 236 g/mol. The van der Waals surface area contributed by atoms with E-state index < -0.39 is 12.0 Å². The summed E-state index contributed by atoms with van der Waals surface area (Å²) in [6.45, 7) is 5.42. The van der Waals surface area contributed by atoms with Crippen LogP contribution in [0.3, 0.4) is 0 Å². The molecule has 0 radical (unpaired) electrons.